The van der Waals surface area contributed by atoms with Gasteiger partial charge in [0.25, 0.3) is 0 Å². The molecule has 1 heterocycles. The Morgan fingerprint density at radius 3 is 2.54 bits per heavy atom. The van der Waals surface area contributed by atoms with Crippen LogP contribution in [0.2, 0.25) is 0 Å². The summed E-state index contributed by atoms with van der Waals surface area (Å²) in [5.41, 5.74) is 11.6. The summed E-state index contributed by atoms with van der Waals surface area (Å²) in [6.07, 6.45) is 8.01. The molecule has 8 nitrogen and oxygen atoms in total. The first kappa shape index (κ1) is 31.0. The summed E-state index contributed by atoms with van der Waals surface area (Å²) >= 11 is 1.40. The molecular formula is C27H29F3N6O2S. The van der Waals surface area contributed by atoms with Crippen LogP contribution in [0, 0.1) is 0 Å². The lowest BCUT2D eigenvalue weighted by Gasteiger charge is -2.26. The van der Waals surface area contributed by atoms with Crippen LogP contribution < -0.4 is 10.7 Å². The number of benzene rings is 2. The van der Waals surface area contributed by atoms with Gasteiger partial charge in [0.2, 0.25) is 5.91 Å². The number of allylic oxidation sites excluding steroid dienone is 3. The minimum absolute atomic E-state index is 0. The molecule has 1 fully saturated rings. The molecule has 1 aliphatic heterocycles. The Bertz CT molecular complexity index is 1340. The molecule has 4 rings (SSSR count). The summed E-state index contributed by atoms with van der Waals surface area (Å²) in [5, 5.41) is 9.20. The zero-order valence-electron chi connectivity index (χ0n) is 21.4. The van der Waals surface area contributed by atoms with Crippen molar-refractivity contribution in [2.75, 3.05) is 5.75 Å². The third-order valence-corrected chi connectivity index (χ3v) is 6.82. The molecule has 2 aromatic carbocycles. The third kappa shape index (κ3) is 7.66. The highest BCUT2D eigenvalue weighted by molar-refractivity contribution is 8.15. The minimum Gasteiger partial charge on any atom is -0.383 e. The fourth-order valence-electron chi connectivity index (χ4n) is 3.99. The predicted octanol–water partition coefficient (Wildman–Crippen LogP) is 5.99. The van der Waals surface area contributed by atoms with Crippen molar-refractivity contribution < 1.29 is 23.7 Å². The van der Waals surface area contributed by atoms with Crippen LogP contribution in [-0.2, 0) is 4.79 Å². The summed E-state index contributed by atoms with van der Waals surface area (Å²) in [7, 11) is 0. The molecule has 1 saturated heterocycles. The topological polar surface area (TPSA) is 105 Å². The van der Waals surface area contributed by atoms with E-state index in [2.05, 4.69) is 38.1 Å². The SMILES string of the molecule is CCC1=C(N2C(=O)CS/C2=N\N=C\c2ccc(C(N)=NC=Nc3ccc(OF)cc3)cc2)C(C)=CCC1.F.F. The molecule has 0 atom stereocenters. The van der Waals surface area contributed by atoms with Gasteiger partial charge in [0.1, 0.15) is 12.2 Å². The Kier molecular flexibility index (Phi) is 11.7. The van der Waals surface area contributed by atoms with Crippen LogP contribution >= 0.6 is 11.8 Å². The van der Waals surface area contributed by atoms with E-state index in [0.717, 1.165) is 41.7 Å². The van der Waals surface area contributed by atoms with Crippen molar-refractivity contribution in [1.29, 1.82) is 0 Å². The van der Waals surface area contributed by atoms with Gasteiger partial charge in [-0.1, -0.05) is 49.0 Å². The second-order valence-electron chi connectivity index (χ2n) is 8.33. The second kappa shape index (κ2) is 14.7. The van der Waals surface area contributed by atoms with E-state index in [-0.39, 0.29) is 21.1 Å². The molecule has 1 aliphatic carbocycles. The predicted molar refractivity (Wildman–Crippen MR) is 153 cm³/mol. The highest BCUT2D eigenvalue weighted by Crippen LogP contribution is 2.35. The van der Waals surface area contributed by atoms with Crippen LogP contribution in [0.3, 0.4) is 0 Å². The van der Waals surface area contributed by atoms with Crippen molar-refractivity contribution in [2.45, 2.75) is 33.1 Å². The smallest absolute Gasteiger partial charge is 0.243 e. The second-order valence-corrected chi connectivity index (χ2v) is 9.27. The van der Waals surface area contributed by atoms with E-state index in [4.69, 9.17) is 5.73 Å². The summed E-state index contributed by atoms with van der Waals surface area (Å²) in [4.78, 5) is 26.3. The lowest BCUT2D eigenvalue weighted by Crippen LogP contribution is -2.31. The molecule has 2 aliphatic rings. The molecule has 0 unspecified atom stereocenters. The molecule has 0 spiro atoms. The lowest BCUT2D eigenvalue weighted by molar-refractivity contribution is -0.122. The summed E-state index contributed by atoms with van der Waals surface area (Å²) in [6.45, 7) is 4.17. The van der Waals surface area contributed by atoms with Gasteiger partial charge in [0.15, 0.2) is 10.9 Å². The zero-order chi connectivity index (χ0) is 26.2. The molecule has 0 aromatic heterocycles. The number of aliphatic imine (C=N–C) groups is 2. The van der Waals surface area contributed by atoms with E-state index in [1.54, 1.807) is 23.2 Å². The maximum Gasteiger partial charge on any atom is 0.243 e. The van der Waals surface area contributed by atoms with E-state index in [1.807, 2.05) is 31.2 Å². The lowest BCUT2D eigenvalue weighted by atomic mass is 9.94. The van der Waals surface area contributed by atoms with Crippen LogP contribution in [0.1, 0.15) is 44.2 Å². The van der Waals surface area contributed by atoms with Gasteiger partial charge in [-0.2, -0.15) is 5.10 Å². The third-order valence-electron chi connectivity index (χ3n) is 5.91. The van der Waals surface area contributed by atoms with Crippen molar-refractivity contribution in [3.8, 4) is 5.75 Å². The monoisotopic (exact) mass is 558 g/mol. The van der Waals surface area contributed by atoms with Crippen molar-refractivity contribution in [1.82, 2.24) is 4.90 Å². The van der Waals surface area contributed by atoms with Gasteiger partial charge in [-0.3, -0.25) is 24.0 Å². The van der Waals surface area contributed by atoms with Crippen LogP contribution in [0.25, 0.3) is 0 Å². The fourth-order valence-corrected chi connectivity index (χ4v) is 4.80. The number of halogens is 3. The number of nitrogens with two attached hydrogens (primary N) is 1. The number of amides is 1. The highest BCUT2D eigenvalue weighted by atomic mass is 32.2. The number of hydrogen-bond acceptors (Lipinski definition) is 6. The Morgan fingerprint density at radius 1 is 1.15 bits per heavy atom. The van der Waals surface area contributed by atoms with Crippen molar-refractivity contribution in [2.24, 2.45) is 25.9 Å². The zero-order valence-corrected chi connectivity index (χ0v) is 22.2. The van der Waals surface area contributed by atoms with Gasteiger partial charge < -0.3 is 5.73 Å². The number of hydrogen-bond donors (Lipinski definition) is 1. The van der Waals surface area contributed by atoms with Crippen molar-refractivity contribution in [3.63, 3.8) is 0 Å². The standard InChI is InChI=1S/C27H27FN6O2S.2FH/c1-3-20-6-4-5-18(2)25(20)34-24(35)16-37-27(34)33-32-15-19-7-9-21(10-8-19)26(29)31-17-30-22-11-13-23(36-28)14-12-22;;/h5,7-15,17H,3-4,6,16H2,1-2H3,(H2,29,30,31);2*1H/b32-15+,33-27-;;. The number of amidine groups is 2. The van der Waals surface area contributed by atoms with Crippen LogP contribution in [0.15, 0.2) is 91.6 Å². The maximum atomic E-state index is 12.7. The van der Waals surface area contributed by atoms with E-state index in [1.165, 1.54) is 35.8 Å². The van der Waals surface area contributed by atoms with Gasteiger partial charge in [-0.15, -0.1) is 5.10 Å². The first-order valence-corrected chi connectivity index (χ1v) is 12.8. The number of thioether (sulfide) groups is 1. The Morgan fingerprint density at radius 2 is 1.87 bits per heavy atom. The molecular weight excluding hydrogens is 529 g/mol. The molecule has 0 radical (unpaired) electrons. The first-order chi connectivity index (χ1) is 18.0. The van der Waals surface area contributed by atoms with Crippen molar-refractivity contribution in [3.05, 3.63) is 82.6 Å². The number of rotatable bonds is 8. The quantitative estimate of drug-likeness (QED) is 0.244. The average Bonchev–Trinajstić information content (AvgIpc) is 3.28. The van der Waals surface area contributed by atoms with E-state index in [0.29, 0.717) is 22.4 Å². The molecule has 0 bridgehead atoms. The van der Waals surface area contributed by atoms with Crippen LogP contribution in [0.4, 0.5) is 19.6 Å². The molecule has 12 heteroatoms. The number of nitrogens with zero attached hydrogens (tertiary/aromatic N) is 5. The van der Waals surface area contributed by atoms with Crippen LogP contribution in [0.5, 0.6) is 5.75 Å². The summed E-state index contributed by atoms with van der Waals surface area (Å²) in [5.74, 6) is 0.784. The van der Waals surface area contributed by atoms with Gasteiger partial charge >= 0.3 is 0 Å². The Hall–Kier alpha value is -4.19. The van der Waals surface area contributed by atoms with Gasteiger partial charge in [-0.05, 0) is 67.2 Å². The summed E-state index contributed by atoms with van der Waals surface area (Å²) < 4.78 is 12.1. The highest BCUT2D eigenvalue weighted by Gasteiger charge is 2.34. The van der Waals surface area contributed by atoms with E-state index >= 15 is 0 Å². The number of carbonyl (C=O) groups excluding carboxylic acids is 1. The summed E-state index contributed by atoms with van der Waals surface area (Å²) in [6, 6.07) is 13.5. The molecule has 2 aromatic rings. The fraction of sp³-hybridized carbons (Fsp3) is 0.222. The maximum absolute atomic E-state index is 12.7. The van der Waals surface area contributed by atoms with Gasteiger partial charge in [0, 0.05) is 10.1 Å². The minimum atomic E-state index is 0. The molecule has 1 amide bonds. The first-order valence-electron chi connectivity index (χ1n) is 11.8. The average molecular weight is 559 g/mol. The largest absolute Gasteiger partial charge is 0.383 e. The molecule has 206 valence electrons. The van der Waals surface area contributed by atoms with Crippen molar-refractivity contribution >= 4 is 46.9 Å². The Balaban J connectivity index is 0.00000267. The normalized spacial score (nSPS) is 17.1. The van der Waals surface area contributed by atoms with Gasteiger partial charge in [0.05, 0.1) is 23.4 Å². The van der Waals surface area contributed by atoms with E-state index in [9.17, 15) is 9.32 Å². The molecule has 39 heavy (non-hydrogen) atoms. The van der Waals surface area contributed by atoms with E-state index < -0.39 is 0 Å². The molecule has 2 N–H and O–H groups in total. The van der Waals surface area contributed by atoms with Crippen LogP contribution in [-0.4, -0.2) is 40.1 Å². The van der Waals surface area contributed by atoms with Gasteiger partial charge in [-0.25, -0.2) is 9.98 Å². The molecule has 0 saturated carbocycles. The number of carbonyl (C=O) groups is 1. The Labute approximate surface area is 228 Å².